The van der Waals surface area contributed by atoms with Gasteiger partial charge < -0.3 is 10.8 Å². The molecule has 0 saturated carbocycles. The van der Waals surface area contributed by atoms with Crippen molar-refractivity contribution in [3.63, 3.8) is 0 Å². The molecule has 0 unspecified atom stereocenters. The first kappa shape index (κ1) is 16.9. The molecule has 0 bridgehead atoms. The van der Waals surface area contributed by atoms with Gasteiger partial charge in [-0.25, -0.2) is 0 Å². The molecule has 0 radical (unpaired) electrons. The second-order valence-corrected chi connectivity index (χ2v) is 3.24. The lowest BCUT2D eigenvalue weighted by atomic mass is 10.0. The molecule has 0 saturated heterocycles. The molecule has 0 heterocycles. The normalized spacial score (nSPS) is 7.60. The van der Waals surface area contributed by atoms with E-state index in [2.05, 4.69) is 0 Å². The van der Waals surface area contributed by atoms with Crippen LogP contribution in [-0.4, -0.2) is 17.9 Å². The van der Waals surface area contributed by atoms with Crippen molar-refractivity contribution in [3.8, 4) is 0 Å². The fourth-order valence-corrected chi connectivity index (χ4v) is 1.35. The minimum absolute atomic E-state index is 0.0752. The number of benzene rings is 2. The van der Waals surface area contributed by atoms with Crippen LogP contribution in [0.5, 0.6) is 0 Å². The first-order valence-electron chi connectivity index (χ1n) is 5.38. The van der Waals surface area contributed by atoms with Gasteiger partial charge in [0.05, 0.1) is 0 Å². The molecule has 5 nitrogen and oxygen atoms in total. The highest BCUT2D eigenvalue weighted by Crippen LogP contribution is 2.08. The quantitative estimate of drug-likeness (QED) is 0.475. The maximum absolute atomic E-state index is 11.8. The summed E-state index contributed by atoms with van der Waals surface area (Å²) in [5, 5.41) is 13.5. The van der Waals surface area contributed by atoms with Crippen LogP contribution in [0.2, 0.25) is 0 Å². The molecule has 0 atom stereocenters. The number of isocyanates is 2. The Balaban J connectivity index is 0.000000520. The van der Waals surface area contributed by atoms with Crippen molar-refractivity contribution >= 4 is 17.9 Å². The van der Waals surface area contributed by atoms with Crippen LogP contribution in [0.4, 0.5) is 0 Å². The number of rotatable bonds is 2. The minimum atomic E-state index is 0.0752. The predicted octanol–water partition coefficient (Wildman–Crippen LogP) is 2.70. The van der Waals surface area contributed by atoms with Crippen LogP contribution >= 0.6 is 0 Å². The van der Waals surface area contributed by atoms with E-state index in [1.54, 1.807) is 0 Å². The van der Waals surface area contributed by atoms with E-state index in [1.165, 1.54) is 0 Å². The van der Waals surface area contributed by atoms with Gasteiger partial charge in [0.2, 0.25) is 0 Å². The van der Waals surface area contributed by atoms with E-state index in [0.29, 0.717) is 12.2 Å². The summed E-state index contributed by atoms with van der Waals surface area (Å²) >= 11 is 0. The van der Waals surface area contributed by atoms with Crippen LogP contribution in [0.1, 0.15) is 15.9 Å². The van der Waals surface area contributed by atoms with Crippen molar-refractivity contribution < 1.29 is 14.4 Å². The fraction of sp³-hybridized carbons (Fsp3) is 0. The highest BCUT2D eigenvalue weighted by molar-refractivity contribution is 6.08. The Morgan fingerprint density at radius 2 is 0.950 bits per heavy atom. The molecule has 100 valence electrons. The van der Waals surface area contributed by atoms with Gasteiger partial charge in [-0.1, -0.05) is 60.7 Å². The molecular weight excluding hydrogens is 256 g/mol. The lowest BCUT2D eigenvalue weighted by Gasteiger charge is -1.99. The van der Waals surface area contributed by atoms with Crippen molar-refractivity contribution in [2.24, 2.45) is 0 Å². The Labute approximate surface area is 115 Å². The predicted molar refractivity (Wildman–Crippen MR) is 74.4 cm³/mol. The number of carbonyl (C=O) groups excluding carboxylic acids is 3. The maximum Gasteiger partial charge on any atom is 0.193 e. The van der Waals surface area contributed by atoms with Gasteiger partial charge in [-0.2, -0.15) is 0 Å². The van der Waals surface area contributed by atoms with Gasteiger partial charge in [0.25, 0.3) is 0 Å². The van der Waals surface area contributed by atoms with E-state index in [4.69, 9.17) is 20.4 Å². The lowest BCUT2D eigenvalue weighted by molar-refractivity contribution is 0.103. The van der Waals surface area contributed by atoms with Crippen LogP contribution in [0.15, 0.2) is 60.7 Å². The molecule has 5 heteroatoms. The van der Waals surface area contributed by atoms with Gasteiger partial charge in [-0.05, 0) is 12.2 Å². The van der Waals surface area contributed by atoms with E-state index < -0.39 is 0 Å². The van der Waals surface area contributed by atoms with E-state index in [1.807, 2.05) is 60.7 Å². The van der Waals surface area contributed by atoms with Crippen molar-refractivity contribution in [1.82, 2.24) is 0 Å². The van der Waals surface area contributed by atoms with Gasteiger partial charge in [0.15, 0.2) is 5.78 Å². The number of hydrogen-bond donors (Lipinski definition) is 0. The molecule has 0 aromatic heterocycles. The smallest absolute Gasteiger partial charge is 0.193 e. The molecule has 2 aromatic carbocycles. The summed E-state index contributed by atoms with van der Waals surface area (Å²) < 4.78 is 0. The zero-order chi connectivity index (χ0) is 15.2. The third-order valence-corrected chi connectivity index (χ3v) is 2.07. The number of nitrogens with zero attached hydrogens (tertiary/aromatic N) is 2. The molecule has 2 aromatic rings. The van der Waals surface area contributed by atoms with Crippen molar-refractivity contribution in [2.45, 2.75) is 0 Å². The average Bonchev–Trinajstić information content (AvgIpc) is 2.50. The Morgan fingerprint density at radius 3 is 1.20 bits per heavy atom. The molecule has 0 aliphatic heterocycles. The zero-order valence-corrected chi connectivity index (χ0v) is 10.4. The van der Waals surface area contributed by atoms with Gasteiger partial charge in [0.1, 0.15) is 0 Å². The number of ketones is 1. The molecule has 2 rings (SSSR count). The average molecular weight is 266 g/mol. The van der Waals surface area contributed by atoms with Gasteiger partial charge in [-0.15, -0.1) is 0 Å². The summed E-state index contributed by atoms with van der Waals surface area (Å²) in [5.74, 6) is 0.0752. The SMILES string of the molecule is O=C(c1ccccc1)c1ccccc1.[N-]=C=O.[N-]=C=O. The second kappa shape index (κ2) is 11.0. The van der Waals surface area contributed by atoms with E-state index in [0.717, 1.165) is 11.1 Å². The highest BCUT2D eigenvalue weighted by atomic mass is 16.1. The number of carbonyl (C=O) groups is 1. The summed E-state index contributed by atoms with van der Waals surface area (Å²) in [6.07, 6.45) is 1.00. The van der Waals surface area contributed by atoms with Crippen LogP contribution in [0, 0.1) is 0 Å². The summed E-state index contributed by atoms with van der Waals surface area (Å²) in [5.41, 5.74) is 1.47. The second-order valence-electron chi connectivity index (χ2n) is 3.24. The van der Waals surface area contributed by atoms with Crippen LogP contribution < -0.4 is 0 Å². The Kier molecular flexibility index (Phi) is 9.27. The van der Waals surface area contributed by atoms with Crippen molar-refractivity contribution in [2.75, 3.05) is 0 Å². The molecule has 0 spiro atoms. The molecule has 0 aliphatic rings. The summed E-state index contributed by atoms with van der Waals surface area (Å²) in [4.78, 5) is 28.3. The van der Waals surface area contributed by atoms with E-state index in [9.17, 15) is 4.79 Å². The van der Waals surface area contributed by atoms with Gasteiger partial charge in [0, 0.05) is 11.1 Å². The molecular formula is C15H10N2O3-2. The largest absolute Gasteiger partial charge is 0.724 e. The van der Waals surface area contributed by atoms with Crippen LogP contribution in [0.25, 0.3) is 10.8 Å². The molecule has 20 heavy (non-hydrogen) atoms. The standard InChI is InChI=1S/C13H10O.2CNO/c14-13(11-7-3-1-4-8-11)12-9-5-2-6-10-12;2*2-1-3/h1-10H;;/q;2*-1. The Morgan fingerprint density at radius 1 is 0.700 bits per heavy atom. The molecule has 0 N–H and O–H groups in total. The van der Waals surface area contributed by atoms with Crippen LogP contribution in [0.3, 0.4) is 0 Å². The molecule has 0 aliphatic carbocycles. The van der Waals surface area contributed by atoms with Gasteiger partial charge in [-0.3, -0.25) is 14.4 Å². The van der Waals surface area contributed by atoms with E-state index in [-0.39, 0.29) is 5.78 Å². The van der Waals surface area contributed by atoms with Crippen molar-refractivity contribution in [3.05, 3.63) is 82.6 Å². The zero-order valence-electron chi connectivity index (χ0n) is 10.4. The Hall–Kier alpha value is -3.13. The van der Waals surface area contributed by atoms with Crippen LogP contribution in [-0.2, 0) is 9.59 Å². The van der Waals surface area contributed by atoms with Gasteiger partial charge >= 0.3 is 0 Å². The monoisotopic (exact) mass is 266 g/mol. The summed E-state index contributed by atoms with van der Waals surface area (Å²) in [6.45, 7) is 0. The minimum Gasteiger partial charge on any atom is -0.724 e. The lowest BCUT2D eigenvalue weighted by Crippen LogP contribution is -1.99. The third kappa shape index (κ3) is 6.57. The maximum atomic E-state index is 11.8. The summed E-state index contributed by atoms with van der Waals surface area (Å²) in [6, 6.07) is 18.6. The number of hydrogen-bond acceptors (Lipinski definition) is 3. The first-order valence-corrected chi connectivity index (χ1v) is 5.38. The first-order chi connectivity index (χ1) is 9.71. The summed E-state index contributed by atoms with van der Waals surface area (Å²) in [7, 11) is 0. The topological polar surface area (TPSA) is 95.8 Å². The fourth-order valence-electron chi connectivity index (χ4n) is 1.35. The van der Waals surface area contributed by atoms with Crippen molar-refractivity contribution in [1.29, 1.82) is 0 Å². The Bertz CT molecular complexity index is 530. The molecule has 0 amide bonds. The highest BCUT2D eigenvalue weighted by Gasteiger charge is 2.06. The molecule has 0 fully saturated rings. The third-order valence-electron chi connectivity index (χ3n) is 2.07. The van der Waals surface area contributed by atoms with E-state index >= 15 is 0 Å².